The largest absolute Gasteiger partial charge is 0.207 e. The monoisotopic (exact) mass is 182 g/mol. The highest BCUT2D eigenvalue weighted by Crippen LogP contribution is 2.08. The van der Waals surface area contributed by atoms with Crippen LogP contribution >= 0.6 is 11.6 Å². The predicted octanol–water partition coefficient (Wildman–Crippen LogP) is 2.72. The van der Waals surface area contributed by atoms with Crippen molar-refractivity contribution in [1.29, 1.82) is 0 Å². The van der Waals surface area contributed by atoms with Gasteiger partial charge in [-0.1, -0.05) is 11.8 Å². The predicted molar refractivity (Wildman–Crippen MR) is 48.7 cm³/mol. The molecule has 0 saturated carbocycles. The number of benzene rings is 1. The van der Waals surface area contributed by atoms with Crippen LogP contribution in [0.25, 0.3) is 0 Å². The van der Waals surface area contributed by atoms with Crippen LogP contribution in [-0.4, -0.2) is 5.88 Å². The van der Waals surface area contributed by atoms with Gasteiger partial charge in [-0.3, -0.25) is 0 Å². The zero-order chi connectivity index (χ0) is 8.97. The molecule has 0 radical (unpaired) electrons. The van der Waals surface area contributed by atoms with Gasteiger partial charge in [-0.05, 0) is 30.7 Å². The van der Waals surface area contributed by atoms with Crippen molar-refractivity contribution in [2.75, 3.05) is 5.88 Å². The molecule has 0 heterocycles. The van der Waals surface area contributed by atoms with E-state index >= 15 is 0 Å². The van der Waals surface area contributed by atoms with Crippen LogP contribution in [0.1, 0.15) is 11.1 Å². The van der Waals surface area contributed by atoms with E-state index in [0.29, 0.717) is 5.88 Å². The van der Waals surface area contributed by atoms with E-state index < -0.39 is 0 Å². The molecule has 0 unspecified atom stereocenters. The van der Waals surface area contributed by atoms with Gasteiger partial charge in [0.15, 0.2) is 0 Å². The van der Waals surface area contributed by atoms with Crippen LogP contribution in [0, 0.1) is 24.6 Å². The van der Waals surface area contributed by atoms with Gasteiger partial charge in [0.1, 0.15) is 5.82 Å². The van der Waals surface area contributed by atoms with Crippen molar-refractivity contribution < 1.29 is 4.39 Å². The van der Waals surface area contributed by atoms with Gasteiger partial charge in [-0.15, -0.1) is 11.6 Å². The summed E-state index contributed by atoms with van der Waals surface area (Å²) in [5, 5.41) is 0. The molecule has 0 bridgehead atoms. The van der Waals surface area contributed by atoms with Crippen molar-refractivity contribution in [2.24, 2.45) is 0 Å². The fraction of sp³-hybridized carbons (Fsp3) is 0.200. The molecule has 0 nitrogen and oxygen atoms in total. The van der Waals surface area contributed by atoms with Gasteiger partial charge in [0, 0.05) is 5.56 Å². The van der Waals surface area contributed by atoms with Gasteiger partial charge in [0.25, 0.3) is 0 Å². The normalized spacial score (nSPS) is 8.92. The van der Waals surface area contributed by atoms with E-state index in [9.17, 15) is 4.39 Å². The minimum absolute atomic E-state index is 0.232. The van der Waals surface area contributed by atoms with E-state index in [-0.39, 0.29) is 5.82 Å². The molecule has 62 valence electrons. The molecule has 0 aromatic heterocycles. The highest BCUT2D eigenvalue weighted by molar-refractivity contribution is 6.19. The van der Waals surface area contributed by atoms with Crippen molar-refractivity contribution >= 4 is 11.6 Å². The summed E-state index contributed by atoms with van der Waals surface area (Å²) >= 11 is 5.39. The van der Waals surface area contributed by atoms with Crippen LogP contribution in [0.3, 0.4) is 0 Å². The van der Waals surface area contributed by atoms with Gasteiger partial charge in [-0.25, -0.2) is 4.39 Å². The Morgan fingerprint density at radius 2 is 2.25 bits per heavy atom. The van der Waals surface area contributed by atoms with Gasteiger partial charge in [-0.2, -0.15) is 0 Å². The lowest BCUT2D eigenvalue weighted by molar-refractivity contribution is 0.626. The number of hydrogen-bond acceptors (Lipinski definition) is 0. The standard InChI is InChI=1S/C10H8ClF/c1-8-7-10(12)5-4-9(8)3-2-6-11/h4-5,7H,6H2,1H3. The highest BCUT2D eigenvalue weighted by Gasteiger charge is 1.95. The van der Waals surface area contributed by atoms with Crippen molar-refractivity contribution in [1.82, 2.24) is 0 Å². The Morgan fingerprint density at radius 1 is 1.50 bits per heavy atom. The zero-order valence-electron chi connectivity index (χ0n) is 6.70. The summed E-state index contributed by atoms with van der Waals surface area (Å²) in [5.41, 5.74) is 1.67. The van der Waals surface area contributed by atoms with Gasteiger partial charge in [0.2, 0.25) is 0 Å². The Hall–Kier alpha value is -1.00. The van der Waals surface area contributed by atoms with Gasteiger partial charge in [0.05, 0.1) is 5.88 Å². The van der Waals surface area contributed by atoms with Crippen LogP contribution in [0.5, 0.6) is 0 Å². The summed E-state index contributed by atoms with van der Waals surface area (Å²) in [6.07, 6.45) is 0. The molecule has 0 fully saturated rings. The molecule has 0 aliphatic carbocycles. The lowest BCUT2D eigenvalue weighted by atomic mass is 10.1. The van der Waals surface area contributed by atoms with Gasteiger partial charge < -0.3 is 0 Å². The molecule has 0 spiro atoms. The average Bonchev–Trinajstić information content (AvgIpc) is 2.03. The minimum atomic E-state index is -0.232. The van der Waals surface area contributed by atoms with Crippen molar-refractivity contribution in [3.05, 3.63) is 35.1 Å². The quantitative estimate of drug-likeness (QED) is 0.428. The maximum atomic E-state index is 12.6. The lowest BCUT2D eigenvalue weighted by Crippen LogP contribution is -1.83. The fourth-order valence-corrected chi connectivity index (χ4v) is 0.963. The van der Waals surface area contributed by atoms with Crippen LogP contribution < -0.4 is 0 Å². The molecule has 0 aliphatic heterocycles. The molecule has 0 N–H and O–H groups in total. The Kier molecular flexibility index (Phi) is 3.13. The van der Waals surface area contributed by atoms with Crippen LogP contribution in [0.4, 0.5) is 4.39 Å². The number of hydrogen-bond donors (Lipinski definition) is 0. The second kappa shape index (κ2) is 4.13. The van der Waals surface area contributed by atoms with Crippen molar-refractivity contribution in [2.45, 2.75) is 6.92 Å². The van der Waals surface area contributed by atoms with Crippen molar-refractivity contribution in [3.63, 3.8) is 0 Å². The molecule has 0 atom stereocenters. The van der Waals surface area contributed by atoms with E-state index in [0.717, 1.165) is 11.1 Å². The number of alkyl halides is 1. The Balaban J connectivity index is 3.01. The molecule has 0 aliphatic rings. The first-order valence-electron chi connectivity index (χ1n) is 3.55. The topological polar surface area (TPSA) is 0 Å². The SMILES string of the molecule is Cc1cc(F)ccc1C#CCCl. The third-order valence-electron chi connectivity index (χ3n) is 1.48. The van der Waals surface area contributed by atoms with E-state index in [4.69, 9.17) is 11.6 Å². The van der Waals surface area contributed by atoms with E-state index in [1.807, 2.05) is 6.92 Å². The summed E-state index contributed by atoms with van der Waals surface area (Å²) in [6, 6.07) is 4.51. The van der Waals surface area contributed by atoms with E-state index in [2.05, 4.69) is 11.8 Å². The van der Waals surface area contributed by atoms with E-state index in [1.165, 1.54) is 12.1 Å². The maximum absolute atomic E-state index is 12.6. The first-order chi connectivity index (χ1) is 5.74. The number of rotatable bonds is 0. The molecule has 0 saturated heterocycles. The Labute approximate surface area is 76.4 Å². The smallest absolute Gasteiger partial charge is 0.123 e. The third kappa shape index (κ3) is 2.25. The average molecular weight is 183 g/mol. The maximum Gasteiger partial charge on any atom is 0.123 e. The molecule has 1 aromatic carbocycles. The highest BCUT2D eigenvalue weighted by atomic mass is 35.5. The molecule has 12 heavy (non-hydrogen) atoms. The summed E-state index contributed by atoms with van der Waals surface area (Å²) in [7, 11) is 0. The second-order valence-electron chi connectivity index (χ2n) is 2.39. The van der Waals surface area contributed by atoms with E-state index in [1.54, 1.807) is 6.07 Å². The molecule has 2 heteroatoms. The molecule has 0 amide bonds. The first kappa shape index (κ1) is 9.09. The fourth-order valence-electron chi connectivity index (χ4n) is 0.896. The zero-order valence-corrected chi connectivity index (χ0v) is 7.45. The van der Waals surface area contributed by atoms with Crippen LogP contribution in [0.15, 0.2) is 18.2 Å². The van der Waals surface area contributed by atoms with Gasteiger partial charge >= 0.3 is 0 Å². The summed E-state index contributed by atoms with van der Waals surface area (Å²) < 4.78 is 12.6. The Bertz CT molecular complexity index is 333. The minimum Gasteiger partial charge on any atom is -0.207 e. The Morgan fingerprint density at radius 3 is 2.83 bits per heavy atom. The number of aryl methyl sites for hydroxylation is 1. The summed E-state index contributed by atoms with van der Waals surface area (Å²) in [6.45, 7) is 1.82. The van der Waals surface area contributed by atoms with Crippen molar-refractivity contribution in [3.8, 4) is 11.8 Å². The lowest BCUT2D eigenvalue weighted by Gasteiger charge is -1.96. The van der Waals surface area contributed by atoms with Crippen LogP contribution in [-0.2, 0) is 0 Å². The molecular weight excluding hydrogens is 175 g/mol. The molecule has 1 rings (SSSR count). The summed E-state index contributed by atoms with van der Waals surface area (Å²) in [5.74, 6) is 5.63. The second-order valence-corrected chi connectivity index (χ2v) is 2.66. The van der Waals surface area contributed by atoms with Crippen LogP contribution in [0.2, 0.25) is 0 Å². The molecular formula is C10H8ClF. The summed E-state index contributed by atoms with van der Waals surface area (Å²) in [4.78, 5) is 0. The number of halogens is 2. The molecule has 1 aromatic rings. The third-order valence-corrected chi connectivity index (χ3v) is 1.61. The first-order valence-corrected chi connectivity index (χ1v) is 4.08.